The number of hydrogen-bond donors (Lipinski definition) is 1. The molecule has 1 unspecified atom stereocenters. The monoisotopic (exact) mass is 525 g/mol. The maximum atomic E-state index is 12.5. The standard InChI is InChI=1S/C18H13Br2N3O4S/c1-8-11(2-3-24)16(25)23(22-8)18-21-14(7-28-18)12-5-9-4-10(19)6-13(20)15(9)27-17(12)26/h4-7,11,24H,2-3H2,1H3. The molecule has 0 radical (unpaired) electrons. The quantitative estimate of drug-likeness (QED) is 0.515. The van der Waals surface area contributed by atoms with Gasteiger partial charge in [-0.25, -0.2) is 9.78 Å². The van der Waals surface area contributed by atoms with Crippen molar-refractivity contribution in [3.8, 4) is 11.3 Å². The van der Waals surface area contributed by atoms with E-state index in [4.69, 9.17) is 9.52 Å². The highest BCUT2D eigenvalue weighted by atomic mass is 79.9. The van der Waals surface area contributed by atoms with Crippen LogP contribution in [0.25, 0.3) is 22.2 Å². The molecule has 3 heterocycles. The second-order valence-corrected chi connectivity index (χ2v) is 8.83. The lowest BCUT2D eigenvalue weighted by Crippen LogP contribution is -2.27. The van der Waals surface area contributed by atoms with Crippen LogP contribution < -0.4 is 10.6 Å². The number of hydrazone groups is 1. The topological polar surface area (TPSA) is 96.0 Å². The molecule has 0 spiro atoms. The van der Waals surface area contributed by atoms with Crippen LogP contribution >= 0.6 is 43.2 Å². The van der Waals surface area contributed by atoms with Gasteiger partial charge >= 0.3 is 5.63 Å². The number of hydrogen-bond acceptors (Lipinski definition) is 7. The first-order chi connectivity index (χ1) is 13.4. The Kier molecular flexibility index (Phi) is 5.21. The number of fused-ring (bicyclic) bond motifs is 1. The number of carbonyl (C=O) groups is 1. The summed E-state index contributed by atoms with van der Waals surface area (Å²) in [5.41, 5.74) is 1.29. The minimum atomic E-state index is -0.516. The minimum Gasteiger partial charge on any atom is -0.421 e. The molecular formula is C18H13Br2N3O4S. The normalized spacial score (nSPS) is 16.9. The lowest BCUT2D eigenvalue weighted by atomic mass is 10.0. The highest BCUT2D eigenvalue weighted by Crippen LogP contribution is 2.33. The smallest absolute Gasteiger partial charge is 0.345 e. The Morgan fingerprint density at radius 3 is 2.82 bits per heavy atom. The summed E-state index contributed by atoms with van der Waals surface area (Å²) in [5, 5.41) is 17.4. The number of amides is 1. The summed E-state index contributed by atoms with van der Waals surface area (Å²) in [6.07, 6.45) is 0.320. The Hall–Kier alpha value is -1.88. The molecule has 1 aliphatic rings. The largest absolute Gasteiger partial charge is 0.421 e. The van der Waals surface area contributed by atoms with Gasteiger partial charge in [0.25, 0.3) is 5.91 Å². The summed E-state index contributed by atoms with van der Waals surface area (Å²) < 4.78 is 6.97. The lowest BCUT2D eigenvalue weighted by molar-refractivity contribution is -0.120. The van der Waals surface area contributed by atoms with E-state index in [-0.39, 0.29) is 12.5 Å². The van der Waals surface area contributed by atoms with Gasteiger partial charge in [0.1, 0.15) is 0 Å². The fourth-order valence-electron chi connectivity index (χ4n) is 3.02. The molecule has 10 heteroatoms. The number of carbonyl (C=O) groups excluding carboxylic acids is 1. The van der Waals surface area contributed by atoms with Crippen molar-refractivity contribution in [2.45, 2.75) is 13.3 Å². The lowest BCUT2D eigenvalue weighted by Gasteiger charge is -2.10. The molecule has 0 fully saturated rings. The summed E-state index contributed by atoms with van der Waals surface area (Å²) in [6.45, 7) is 1.66. The van der Waals surface area contributed by atoms with E-state index < -0.39 is 11.5 Å². The second-order valence-electron chi connectivity index (χ2n) is 6.23. The number of aromatic nitrogens is 1. The maximum absolute atomic E-state index is 12.5. The molecule has 3 aromatic rings. The van der Waals surface area contributed by atoms with E-state index in [1.807, 2.05) is 6.07 Å². The predicted octanol–water partition coefficient (Wildman–Crippen LogP) is 4.16. The molecule has 0 bridgehead atoms. The van der Waals surface area contributed by atoms with Crippen LogP contribution in [0.3, 0.4) is 0 Å². The molecule has 1 atom stereocenters. The minimum absolute atomic E-state index is 0.0938. The zero-order valence-corrected chi connectivity index (χ0v) is 18.5. The van der Waals surface area contributed by atoms with Gasteiger partial charge in [-0.2, -0.15) is 10.1 Å². The molecule has 28 heavy (non-hydrogen) atoms. The number of thiazole rings is 1. The van der Waals surface area contributed by atoms with Gasteiger partial charge in [0.15, 0.2) is 5.58 Å². The van der Waals surface area contributed by atoms with Gasteiger partial charge in [-0.15, -0.1) is 11.3 Å². The van der Waals surface area contributed by atoms with Crippen molar-refractivity contribution in [1.82, 2.24) is 4.98 Å². The molecular weight excluding hydrogens is 514 g/mol. The number of anilines is 1. The van der Waals surface area contributed by atoms with Crippen LogP contribution in [0.2, 0.25) is 0 Å². The molecule has 0 saturated heterocycles. The van der Waals surface area contributed by atoms with E-state index in [1.165, 1.54) is 16.3 Å². The summed E-state index contributed by atoms with van der Waals surface area (Å²) >= 11 is 8.02. The van der Waals surface area contributed by atoms with E-state index in [0.29, 0.717) is 38.6 Å². The first-order valence-corrected chi connectivity index (χ1v) is 10.7. The van der Waals surface area contributed by atoms with Crippen LogP contribution in [-0.2, 0) is 4.79 Å². The van der Waals surface area contributed by atoms with Crippen molar-refractivity contribution in [2.75, 3.05) is 11.6 Å². The third kappa shape index (κ3) is 3.34. The first-order valence-electron chi connectivity index (χ1n) is 8.27. The Morgan fingerprint density at radius 2 is 2.07 bits per heavy atom. The summed E-state index contributed by atoms with van der Waals surface area (Å²) in [7, 11) is 0. The van der Waals surface area contributed by atoms with Crippen LogP contribution in [0.1, 0.15) is 13.3 Å². The van der Waals surface area contributed by atoms with Crippen molar-refractivity contribution in [1.29, 1.82) is 0 Å². The average Bonchev–Trinajstić information content (AvgIpc) is 3.22. The number of rotatable bonds is 4. The van der Waals surface area contributed by atoms with Gasteiger partial charge in [-0.3, -0.25) is 4.79 Å². The van der Waals surface area contributed by atoms with Gasteiger partial charge in [0.2, 0.25) is 5.13 Å². The molecule has 0 aliphatic carbocycles. The van der Waals surface area contributed by atoms with Crippen LogP contribution in [0.5, 0.6) is 0 Å². The van der Waals surface area contributed by atoms with E-state index in [2.05, 4.69) is 41.9 Å². The zero-order chi connectivity index (χ0) is 20.0. The van der Waals surface area contributed by atoms with Crippen molar-refractivity contribution in [2.24, 2.45) is 11.0 Å². The first kappa shape index (κ1) is 19.4. The molecule has 144 valence electrons. The van der Waals surface area contributed by atoms with Gasteiger partial charge in [-0.05, 0) is 47.5 Å². The molecule has 0 saturated carbocycles. The summed E-state index contributed by atoms with van der Waals surface area (Å²) in [4.78, 5) is 29.5. The van der Waals surface area contributed by atoms with E-state index >= 15 is 0 Å². The van der Waals surface area contributed by atoms with Crippen LogP contribution in [0, 0.1) is 5.92 Å². The average molecular weight is 527 g/mol. The Balaban J connectivity index is 1.73. The number of halogens is 2. The number of nitrogens with zero attached hydrogens (tertiary/aromatic N) is 3. The Morgan fingerprint density at radius 1 is 1.29 bits per heavy atom. The summed E-state index contributed by atoms with van der Waals surface area (Å²) in [5.74, 6) is -0.677. The number of aliphatic hydroxyl groups is 1. The van der Waals surface area contributed by atoms with E-state index in [1.54, 1.807) is 24.4 Å². The van der Waals surface area contributed by atoms with Crippen molar-refractivity contribution < 1.29 is 14.3 Å². The van der Waals surface area contributed by atoms with Gasteiger partial charge in [0.05, 0.1) is 21.6 Å². The Labute approximate surface area is 179 Å². The van der Waals surface area contributed by atoms with E-state index in [9.17, 15) is 9.59 Å². The molecule has 7 nitrogen and oxygen atoms in total. The molecule has 1 N–H and O–H groups in total. The van der Waals surface area contributed by atoms with Gasteiger partial charge < -0.3 is 9.52 Å². The molecule has 1 aromatic carbocycles. The predicted molar refractivity (Wildman–Crippen MR) is 115 cm³/mol. The molecule has 2 aromatic heterocycles. The Bertz CT molecular complexity index is 1190. The molecule has 1 amide bonds. The summed E-state index contributed by atoms with van der Waals surface area (Å²) in [6, 6.07) is 5.36. The van der Waals surface area contributed by atoms with Gasteiger partial charge in [-0.1, -0.05) is 15.9 Å². The fraction of sp³-hybridized carbons (Fsp3) is 0.222. The number of aliphatic hydroxyl groups excluding tert-OH is 1. The fourth-order valence-corrected chi connectivity index (χ4v) is 5.14. The van der Waals surface area contributed by atoms with Crippen molar-refractivity contribution >= 4 is 70.9 Å². The molecule has 1 aliphatic heterocycles. The highest BCUT2D eigenvalue weighted by molar-refractivity contribution is 9.11. The highest BCUT2D eigenvalue weighted by Gasteiger charge is 2.35. The van der Waals surface area contributed by atoms with Crippen molar-refractivity contribution in [3.05, 3.63) is 42.9 Å². The number of benzene rings is 1. The van der Waals surface area contributed by atoms with Crippen molar-refractivity contribution in [3.63, 3.8) is 0 Å². The third-order valence-electron chi connectivity index (χ3n) is 4.39. The zero-order valence-electron chi connectivity index (χ0n) is 14.5. The van der Waals surface area contributed by atoms with Gasteiger partial charge in [0, 0.05) is 27.6 Å². The van der Waals surface area contributed by atoms with Crippen LogP contribution in [-0.4, -0.2) is 28.3 Å². The van der Waals surface area contributed by atoms with E-state index in [0.717, 1.165) is 9.86 Å². The van der Waals surface area contributed by atoms with Crippen LogP contribution in [0.4, 0.5) is 5.13 Å². The SMILES string of the molecule is CC1=NN(c2nc(-c3cc4cc(Br)cc(Br)c4oc3=O)cs2)C(=O)C1CCO. The maximum Gasteiger partial charge on any atom is 0.345 e. The second kappa shape index (κ2) is 7.51. The third-order valence-corrected chi connectivity index (χ3v) is 6.25. The van der Waals surface area contributed by atoms with Crippen LogP contribution in [0.15, 0.2) is 46.8 Å². The molecule has 4 rings (SSSR count).